The van der Waals surface area contributed by atoms with Crippen LogP contribution in [0.2, 0.25) is 0 Å². The number of aromatic nitrogens is 1. The van der Waals surface area contributed by atoms with Crippen LogP contribution in [0.25, 0.3) is 20.5 Å². The molecule has 3 aromatic rings. The van der Waals surface area contributed by atoms with Gasteiger partial charge in [-0.1, -0.05) is 24.3 Å². The minimum Gasteiger partial charge on any atom is -0.311 e. The van der Waals surface area contributed by atoms with Crippen LogP contribution in [0.1, 0.15) is 0 Å². The Balaban J connectivity index is 2.13. The first-order valence-electron chi connectivity index (χ1n) is 6.08. The largest absolute Gasteiger partial charge is 0.311 e. The summed E-state index contributed by atoms with van der Waals surface area (Å²) in [5.74, 6) is 0. The van der Waals surface area contributed by atoms with Gasteiger partial charge in [-0.3, -0.25) is 4.79 Å². The zero-order valence-corrected chi connectivity index (χ0v) is 11.2. The van der Waals surface area contributed by atoms with Crippen molar-refractivity contribution in [1.82, 2.24) is 4.57 Å². The van der Waals surface area contributed by atoms with E-state index in [-0.39, 0.29) is 5.56 Å². The molecular formula is C16H13NOS. The van der Waals surface area contributed by atoms with E-state index in [9.17, 15) is 4.79 Å². The van der Waals surface area contributed by atoms with Gasteiger partial charge in [0.1, 0.15) is 0 Å². The molecule has 19 heavy (non-hydrogen) atoms. The van der Waals surface area contributed by atoms with Crippen molar-refractivity contribution in [3.05, 3.63) is 71.7 Å². The summed E-state index contributed by atoms with van der Waals surface area (Å²) < 4.78 is 2.94. The van der Waals surface area contributed by atoms with Crippen molar-refractivity contribution in [2.75, 3.05) is 0 Å². The second-order valence-corrected chi connectivity index (χ2v) is 5.43. The summed E-state index contributed by atoms with van der Waals surface area (Å²) in [7, 11) is 0. The Morgan fingerprint density at radius 2 is 2.05 bits per heavy atom. The number of hydrogen-bond donors (Lipinski definition) is 0. The number of fused-ring (bicyclic) bond motifs is 1. The second-order valence-electron chi connectivity index (χ2n) is 4.35. The van der Waals surface area contributed by atoms with Crippen LogP contribution in [0.3, 0.4) is 0 Å². The van der Waals surface area contributed by atoms with Crippen LogP contribution < -0.4 is 5.56 Å². The topological polar surface area (TPSA) is 22.0 Å². The van der Waals surface area contributed by atoms with Crippen molar-refractivity contribution in [3.8, 4) is 10.4 Å². The molecule has 2 heterocycles. The molecule has 0 aliphatic rings. The van der Waals surface area contributed by atoms with Gasteiger partial charge in [0.2, 0.25) is 0 Å². The number of nitrogens with zero attached hydrogens (tertiary/aromatic N) is 1. The second kappa shape index (κ2) is 4.86. The maximum Gasteiger partial charge on any atom is 0.250 e. The molecular weight excluding hydrogens is 254 g/mol. The molecule has 0 spiro atoms. The van der Waals surface area contributed by atoms with Gasteiger partial charge in [0.15, 0.2) is 0 Å². The lowest BCUT2D eigenvalue weighted by molar-refractivity contribution is 0.782. The molecule has 0 saturated heterocycles. The highest BCUT2D eigenvalue weighted by atomic mass is 32.1. The first kappa shape index (κ1) is 11.9. The fraction of sp³-hybridized carbons (Fsp3) is 0.0625. The number of rotatable bonds is 3. The molecule has 3 rings (SSSR count). The lowest BCUT2D eigenvalue weighted by atomic mass is 10.2. The highest BCUT2D eigenvalue weighted by Gasteiger charge is 2.05. The summed E-state index contributed by atoms with van der Waals surface area (Å²) in [6, 6.07) is 14.0. The van der Waals surface area contributed by atoms with E-state index in [1.54, 1.807) is 28.0 Å². The third-order valence-corrected chi connectivity index (χ3v) is 4.18. The fourth-order valence-corrected chi connectivity index (χ4v) is 3.14. The summed E-state index contributed by atoms with van der Waals surface area (Å²) in [6.07, 6.45) is 3.63. The summed E-state index contributed by atoms with van der Waals surface area (Å²) in [5.41, 5.74) is 1.08. The Morgan fingerprint density at radius 3 is 2.84 bits per heavy atom. The van der Waals surface area contributed by atoms with Gasteiger partial charge in [-0.05, 0) is 23.6 Å². The van der Waals surface area contributed by atoms with Crippen molar-refractivity contribution in [2.45, 2.75) is 6.54 Å². The molecule has 2 aromatic heterocycles. The number of hydrogen-bond acceptors (Lipinski definition) is 2. The zero-order chi connectivity index (χ0) is 13.2. The van der Waals surface area contributed by atoms with Gasteiger partial charge in [-0.2, -0.15) is 0 Å². The third-order valence-electron chi connectivity index (χ3n) is 3.02. The molecule has 0 radical (unpaired) electrons. The van der Waals surface area contributed by atoms with Crippen LogP contribution in [0, 0.1) is 0 Å². The number of allylic oxidation sites excluding steroid dienone is 1. The van der Waals surface area contributed by atoms with E-state index in [2.05, 4.69) is 24.8 Å². The van der Waals surface area contributed by atoms with Crippen molar-refractivity contribution in [2.24, 2.45) is 0 Å². The van der Waals surface area contributed by atoms with Crippen molar-refractivity contribution < 1.29 is 0 Å². The van der Waals surface area contributed by atoms with E-state index in [1.165, 1.54) is 15.0 Å². The van der Waals surface area contributed by atoms with Crippen LogP contribution in [-0.4, -0.2) is 4.57 Å². The monoisotopic (exact) mass is 267 g/mol. The standard InChI is InChI=1S/C16H13NOS/c1-2-9-17-11-13(7-8-16(17)18)15-10-12-5-3-4-6-14(12)19-15/h2-8,10-11H,1,9H2. The molecule has 0 saturated carbocycles. The predicted octanol–water partition coefficient (Wildman–Crippen LogP) is 3.92. The Labute approximate surface area is 115 Å². The van der Waals surface area contributed by atoms with E-state index in [0.717, 1.165) is 5.56 Å². The van der Waals surface area contributed by atoms with Crippen molar-refractivity contribution >= 4 is 21.4 Å². The van der Waals surface area contributed by atoms with Crippen LogP contribution in [-0.2, 0) is 6.54 Å². The molecule has 2 nitrogen and oxygen atoms in total. The van der Waals surface area contributed by atoms with Crippen LogP contribution in [0.4, 0.5) is 0 Å². The predicted molar refractivity (Wildman–Crippen MR) is 81.7 cm³/mol. The quantitative estimate of drug-likeness (QED) is 0.659. The summed E-state index contributed by atoms with van der Waals surface area (Å²) in [6.45, 7) is 4.22. The molecule has 0 aliphatic carbocycles. The molecule has 1 aromatic carbocycles. The fourth-order valence-electron chi connectivity index (χ4n) is 2.08. The number of thiophene rings is 1. The minimum absolute atomic E-state index is 0.00441. The summed E-state index contributed by atoms with van der Waals surface area (Å²) >= 11 is 1.74. The van der Waals surface area contributed by atoms with Gasteiger partial charge >= 0.3 is 0 Å². The van der Waals surface area contributed by atoms with Gasteiger partial charge < -0.3 is 4.57 Å². The van der Waals surface area contributed by atoms with E-state index in [1.807, 2.05) is 24.4 Å². The molecule has 3 heteroatoms. The van der Waals surface area contributed by atoms with Crippen molar-refractivity contribution in [1.29, 1.82) is 0 Å². The van der Waals surface area contributed by atoms with Crippen LogP contribution in [0.15, 0.2) is 66.1 Å². The van der Waals surface area contributed by atoms with Crippen molar-refractivity contribution in [3.63, 3.8) is 0 Å². The lowest BCUT2D eigenvalue weighted by Gasteiger charge is -2.03. The van der Waals surface area contributed by atoms with Gasteiger partial charge in [0.25, 0.3) is 5.56 Å². The Morgan fingerprint density at radius 1 is 1.21 bits per heavy atom. The molecule has 0 N–H and O–H groups in total. The van der Waals surface area contributed by atoms with E-state index < -0.39 is 0 Å². The van der Waals surface area contributed by atoms with Gasteiger partial charge in [0, 0.05) is 33.9 Å². The van der Waals surface area contributed by atoms with E-state index in [4.69, 9.17) is 0 Å². The molecule has 0 bridgehead atoms. The average Bonchev–Trinajstić information content (AvgIpc) is 2.85. The SMILES string of the molecule is C=CCn1cc(-c2cc3ccccc3s2)ccc1=O. The smallest absolute Gasteiger partial charge is 0.250 e. The van der Waals surface area contributed by atoms with E-state index >= 15 is 0 Å². The molecule has 94 valence electrons. The number of benzene rings is 1. The zero-order valence-electron chi connectivity index (χ0n) is 10.4. The number of pyridine rings is 1. The van der Waals surface area contributed by atoms with Gasteiger partial charge in [-0.15, -0.1) is 17.9 Å². The maximum atomic E-state index is 11.7. The molecule has 0 amide bonds. The Kier molecular flexibility index (Phi) is 3.05. The lowest BCUT2D eigenvalue weighted by Crippen LogP contribution is -2.17. The molecule has 0 unspecified atom stereocenters. The first-order valence-corrected chi connectivity index (χ1v) is 6.90. The van der Waals surface area contributed by atoms with Crippen LogP contribution in [0.5, 0.6) is 0 Å². The van der Waals surface area contributed by atoms with Gasteiger partial charge in [-0.25, -0.2) is 0 Å². The first-order chi connectivity index (χ1) is 9.28. The average molecular weight is 267 g/mol. The summed E-state index contributed by atoms with van der Waals surface area (Å²) in [5, 5.41) is 1.24. The van der Waals surface area contributed by atoms with Crippen LogP contribution >= 0.6 is 11.3 Å². The molecule has 0 fully saturated rings. The minimum atomic E-state index is 0.00441. The van der Waals surface area contributed by atoms with E-state index in [0.29, 0.717) is 6.54 Å². The highest BCUT2D eigenvalue weighted by molar-refractivity contribution is 7.22. The molecule has 0 aliphatic heterocycles. The Bertz CT molecular complexity index is 765. The summed E-state index contributed by atoms with van der Waals surface area (Å²) in [4.78, 5) is 12.9. The van der Waals surface area contributed by atoms with Gasteiger partial charge in [0.05, 0.1) is 0 Å². The normalized spacial score (nSPS) is 10.7. The molecule has 0 atom stereocenters. The third kappa shape index (κ3) is 2.25. The Hall–Kier alpha value is -2.13. The highest BCUT2D eigenvalue weighted by Crippen LogP contribution is 2.32. The maximum absolute atomic E-state index is 11.7.